The Hall–Kier alpha value is -2.40. The summed E-state index contributed by atoms with van der Waals surface area (Å²) in [5.41, 5.74) is 7.63. The van der Waals surface area contributed by atoms with Crippen LogP contribution >= 0.6 is 0 Å². The molecule has 0 radical (unpaired) electrons. The van der Waals surface area contributed by atoms with Crippen molar-refractivity contribution in [3.8, 4) is 11.5 Å². The molecule has 0 amide bonds. The first-order chi connectivity index (χ1) is 10.0. The number of nitrogens with zero attached hydrogens (tertiary/aromatic N) is 1. The minimum absolute atomic E-state index is 0.0415. The summed E-state index contributed by atoms with van der Waals surface area (Å²) >= 11 is 0. The van der Waals surface area contributed by atoms with E-state index in [4.69, 9.17) is 10.5 Å². The lowest BCUT2D eigenvalue weighted by Crippen LogP contribution is -2.08. The van der Waals surface area contributed by atoms with Gasteiger partial charge in [-0.05, 0) is 36.6 Å². The summed E-state index contributed by atoms with van der Waals surface area (Å²) in [5.74, 6) is 0.818. The molecule has 0 spiro atoms. The topological polar surface area (TPSA) is 78.4 Å². The second-order valence-electron chi connectivity index (χ2n) is 4.87. The molecule has 0 aromatic heterocycles. The molecular weight excluding hydrogens is 268 g/mol. The maximum Gasteiger partial charge on any atom is 0.311 e. The number of hydrogen-bond acceptors (Lipinski definition) is 4. The second kappa shape index (κ2) is 6.37. The van der Waals surface area contributed by atoms with Crippen LogP contribution in [-0.2, 0) is 0 Å². The zero-order valence-corrected chi connectivity index (χ0v) is 12.1. The van der Waals surface area contributed by atoms with Gasteiger partial charge in [-0.3, -0.25) is 10.1 Å². The zero-order chi connectivity index (χ0) is 15.4. The van der Waals surface area contributed by atoms with Crippen molar-refractivity contribution in [3.05, 3.63) is 63.7 Å². The van der Waals surface area contributed by atoms with E-state index in [0.717, 1.165) is 17.5 Å². The predicted molar refractivity (Wildman–Crippen MR) is 81.6 cm³/mol. The smallest absolute Gasteiger partial charge is 0.311 e. The molecule has 110 valence electrons. The number of benzene rings is 2. The molecule has 5 heteroatoms. The molecule has 5 nitrogen and oxygen atoms in total. The number of nitrogens with two attached hydrogens (primary N) is 1. The van der Waals surface area contributed by atoms with Gasteiger partial charge in [-0.2, -0.15) is 0 Å². The van der Waals surface area contributed by atoms with Crippen molar-refractivity contribution in [2.75, 3.05) is 0 Å². The van der Waals surface area contributed by atoms with Crippen LogP contribution in [0, 0.1) is 17.0 Å². The van der Waals surface area contributed by atoms with Crippen molar-refractivity contribution >= 4 is 5.69 Å². The minimum Gasteiger partial charge on any atom is -0.450 e. The Balaban J connectivity index is 2.37. The first-order valence-electron chi connectivity index (χ1n) is 6.80. The lowest BCUT2D eigenvalue weighted by Gasteiger charge is -2.13. The van der Waals surface area contributed by atoms with E-state index in [9.17, 15) is 10.1 Å². The Morgan fingerprint density at radius 2 is 2.00 bits per heavy atom. The molecule has 1 atom stereocenters. The number of aryl methyl sites for hydroxylation is 1. The van der Waals surface area contributed by atoms with Crippen LogP contribution in [0.5, 0.6) is 11.5 Å². The molecule has 2 aromatic rings. The molecule has 0 saturated heterocycles. The Morgan fingerprint density at radius 1 is 1.29 bits per heavy atom. The monoisotopic (exact) mass is 286 g/mol. The maximum absolute atomic E-state index is 11.1. The Bertz CT molecular complexity index is 656. The van der Waals surface area contributed by atoms with E-state index < -0.39 is 4.92 Å². The van der Waals surface area contributed by atoms with Crippen molar-refractivity contribution in [1.82, 2.24) is 0 Å². The van der Waals surface area contributed by atoms with E-state index in [-0.39, 0.29) is 17.5 Å². The van der Waals surface area contributed by atoms with Crippen LogP contribution < -0.4 is 10.5 Å². The summed E-state index contributed by atoms with van der Waals surface area (Å²) < 4.78 is 5.74. The lowest BCUT2D eigenvalue weighted by atomic mass is 10.1. The second-order valence-corrected chi connectivity index (χ2v) is 4.87. The lowest BCUT2D eigenvalue weighted by molar-refractivity contribution is -0.385. The molecule has 0 bridgehead atoms. The fourth-order valence-electron chi connectivity index (χ4n) is 2.08. The quantitative estimate of drug-likeness (QED) is 0.662. The number of para-hydroxylation sites is 1. The molecule has 0 aliphatic rings. The van der Waals surface area contributed by atoms with E-state index in [0.29, 0.717) is 5.75 Å². The molecule has 2 N–H and O–H groups in total. The highest BCUT2D eigenvalue weighted by Crippen LogP contribution is 2.35. The first-order valence-corrected chi connectivity index (χ1v) is 6.80. The number of nitro benzene ring substituents is 1. The number of rotatable bonds is 5. The Morgan fingerprint density at radius 3 is 2.67 bits per heavy atom. The van der Waals surface area contributed by atoms with Gasteiger partial charge in [0, 0.05) is 12.1 Å². The van der Waals surface area contributed by atoms with Crippen LogP contribution in [0.25, 0.3) is 0 Å². The molecule has 0 aliphatic heterocycles. The van der Waals surface area contributed by atoms with E-state index in [1.807, 2.05) is 25.1 Å². The fraction of sp³-hybridized carbons (Fsp3) is 0.250. The molecule has 21 heavy (non-hydrogen) atoms. The summed E-state index contributed by atoms with van der Waals surface area (Å²) in [5, 5.41) is 11.1. The molecule has 1 unspecified atom stereocenters. The average Bonchev–Trinajstić information content (AvgIpc) is 2.48. The van der Waals surface area contributed by atoms with Crippen molar-refractivity contribution < 1.29 is 9.66 Å². The van der Waals surface area contributed by atoms with Crippen LogP contribution in [-0.4, -0.2) is 4.92 Å². The van der Waals surface area contributed by atoms with Gasteiger partial charge in [0.25, 0.3) is 0 Å². The Kier molecular flexibility index (Phi) is 4.55. The zero-order valence-electron chi connectivity index (χ0n) is 12.1. The summed E-state index contributed by atoms with van der Waals surface area (Å²) in [6, 6.07) is 12.1. The van der Waals surface area contributed by atoms with E-state index in [1.165, 1.54) is 6.07 Å². The van der Waals surface area contributed by atoms with Crippen LogP contribution in [0.1, 0.15) is 30.5 Å². The molecule has 2 rings (SSSR count). The van der Waals surface area contributed by atoms with Gasteiger partial charge in [0.1, 0.15) is 5.75 Å². The summed E-state index contributed by atoms with van der Waals surface area (Å²) in [4.78, 5) is 10.7. The van der Waals surface area contributed by atoms with E-state index >= 15 is 0 Å². The van der Waals surface area contributed by atoms with Crippen LogP contribution in [0.4, 0.5) is 5.69 Å². The first kappa shape index (κ1) is 15.0. The van der Waals surface area contributed by atoms with Crippen molar-refractivity contribution in [2.24, 2.45) is 5.73 Å². The highest BCUT2D eigenvalue weighted by molar-refractivity contribution is 5.53. The molecule has 2 aromatic carbocycles. The SMILES string of the molecule is CCC(N)c1cccc(Oc2c(C)cccc2[N+](=O)[O-])c1. The third-order valence-corrected chi connectivity index (χ3v) is 3.33. The largest absolute Gasteiger partial charge is 0.450 e. The fourth-order valence-corrected chi connectivity index (χ4v) is 2.08. The van der Waals surface area contributed by atoms with Gasteiger partial charge in [0.05, 0.1) is 4.92 Å². The molecule has 0 heterocycles. The predicted octanol–water partition coefficient (Wildman–Crippen LogP) is 4.11. The molecule has 0 aliphatic carbocycles. The normalized spacial score (nSPS) is 12.0. The summed E-state index contributed by atoms with van der Waals surface area (Å²) in [6.45, 7) is 3.79. The van der Waals surface area contributed by atoms with E-state index in [2.05, 4.69) is 0 Å². The van der Waals surface area contributed by atoms with Gasteiger partial charge in [0.15, 0.2) is 0 Å². The molecule has 0 fully saturated rings. The van der Waals surface area contributed by atoms with Crippen molar-refractivity contribution in [2.45, 2.75) is 26.3 Å². The van der Waals surface area contributed by atoms with Crippen LogP contribution in [0.15, 0.2) is 42.5 Å². The van der Waals surface area contributed by atoms with Gasteiger partial charge < -0.3 is 10.5 Å². The van der Waals surface area contributed by atoms with Gasteiger partial charge in [-0.25, -0.2) is 0 Å². The number of ether oxygens (including phenoxy) is 1. The van der Waals surface area contributed by atoms with Crippen molar-refractivity contribution in [1.29, 1.82) is 0 Å². The number of hydrogen-bond donors (Lipinski definition) is 1. The third-order valence-electron chi connectivity index (χ3n) is 3.33. The highest BCUT2D eigenvalue weighted by Gasteiger charge is 2.18. The van der Waals surface area contributed by atoms with Gasteiger partial charge in [-0.15, -0.1) is 0 Å². The maximum atomic E-state index is 11.1. The van der Waals surface area contributed by atoms with Crippen molar-refractivity contribution in [3.63, 3.8) is 0 Å². The van der Waals surface area contributed by atoms with Crippen LogP contribution in [0.2, 0.25) is 0 Å². The van der Waals surface area contributed by atoms with Gasteiger partial charge in [0.2, 0.25) is 5.75 Å². The van der Waals surface area contributed by atoms with E-state index in [1.54, 1.807) is 25.1 Å². The average molecular weight is 286 g/mol. The third kappa shape index (κ3) is 3.38. The Labute approximate surface area is 123 Å². The van der Waals surface area contributed by atoms with Gasteiger partial charge in [-0.1, -0.05) is 31.2 Å². The minimum atomic E-state index is -0.441. The summed E-state index contributed by atoms with van der Waals surface area (Å²) in [7, 11) is 0. The molecule has 0 saturated carbocycles. The standard InChI is InChI=1S/C16H18N2O3/c1-3-14(17)12-7-5-8-13(10-12)21-16-11(2)6-4-9-15(16)18(19)20/h4-10,14H,3,17H2,1-2H3. The highest BCUT2D eigenvalue weighted by atomic mass is 16.6. The van der Waals surface area contributed by atoms with Crippen LogP contribution in [0.3, 0.4) is 0 Å². The van der Waals surface area contributed by atoms with Gasteiger partial charge >= 0.3 is 5.69 Å². The number of nitro groups is 1. The summed E-state index contributed by atoms with van der Waals surface area (Å²) in [6.07, 6.45) is 0.813. The molecular formula is C16H18N2O3.